The largest absolute Gasteiger partial charge is 0.345 e. The molecule has 0 amide bonds. The first kappa shape index (κ1) is 11.8. The van der Waals surface area contributed by atoms with Gasteiger partial charge in [0.2, 0.25) is 5.13 Å². The van der Waals surface area contributed by atoms with Gasteiger partial charge in [0, 0.05) is 36.6 Å². The number of rotatable bonds is 3. The molecule has 0 spiro atoms. The summed E-state index contributed by atoms with van der Waals surface area (Å²) in [6.07, 6.45) is 2.50. The number of nitrogens with one attached hydrogen (secondary N) is 1. The molecule has 1 unspecified atom stereocenters. The topological polar surface area (TPSA) is 41.0 Å². The van der Waals surface area contributed by atoms with E-state index in [0.29, 0.717) is 12.0 Å². The smallest absolute Gasteiger partial charge is 0.205 e. The number of aromatic nitrogens is 2. The van der Waals surface area contributed by atoms with Gasteiger partial charge in [0.1, 0.15) is 5.82 Å². The fraction of sp³-hybridized carbons (Fsp3) is 0.818. The molecule has 0 aliphatic carbocycles. The Morgan fingerprint density at radius 3 is 2.94 bits per heavy atom. The Labute approximate surface area is 101 Å². The van der Waals surface area contributed by atoms with Crippen LogP contribution in [0.5, 0.6) is 0 Å². The zero-order chi connectivity index (χ0) is 11.5. The lowest BCUT2D eigenvalue weighted by atomic mass is 10.1. The van der Waals surface area contributed by atoms with Crippen molar-refractivity contribution in [3.63, 3.8) is 0 Å². The highest BCUT2D eigenvalue weighted by molar-refractivity contribution is 7.09. The van der Waals surface area contributed by atoms with Crippen LogP contribution in [0, 0.1) is 0 Å². The molecule has 0 bridgehead atoms. The van der Waals surface area contributed by atoms with Gasteiger partial charge in [-0.25, -0.2) is 4.98 Å². The molecular formula is C11H20N4S. The molecule has 1 atom stereocenters. The second-order valence-electron chi connectivity index (χ2n) is 4.66. The van der Waals surface area contributed by atoms with Crippen LogP contribution in [-0.4, -0.2) is 35.5 Å². The number of piperidine rings is 1. The molecule has 1 aliphatic rings. The van der Waals surface area contributed by atoms with Gasteiger partial charge in [-0.1, -0.05) is 13.8 Å². The van der Waals surface area contributed by atoms with Crippen molar-refractivity contribution in [1.82, 2.24) is 14.7 Å². The monoisotopic (exact) mass is 240 g/mol. The van der Waals surface area contributed by atoms with Crippen LogP contribution in [0.4, 0.5) is 5.13 Å². The summed E-state index contributed by atoms with van der Waals surface area (Å²) in [5.74, 6) is 1.40. The van der Waals surface area contributed by atoms with Crippen molar-refractivity contribution in [2.75, 3.05) is 25.0 Å². The van der Waals surface area contributed by atoms with Gasteiger partial charge in [-0.15, -0.1) is 0 Å². The van der Waals surface area contributed by atoms with Gasteiger partial charge in [0.15, 0.2) is 0 Å². The van der Waals surface area contributed by atoms with E-state index in [1.807, 2.05) is 7.05 Å². The molecule has 1 N–H and O–H groups in total. The van der Waals surface area contributed by atoms with E-state index in [-0.39, 0.29) is 0 Å². The predicted octanol–water partition coefficient (Wildman–Crippen LogP) is 1.85. The first-order valence-electron chi connectivity index (χ1n) is 5.96. The summed E-state index contributed by atoms with van der Waals surface area (Å²) in [5, 5.41) is 4.43. The van der Waals surface area contributed by atoms with E-state index in [9.17, 15) is 0 Å². The molecule has 1 aromatic rings. The lowest BCUT2D eigenvalue weighted by Gasteiger charge is -2.31. The first-order chi connectivity index (χ1) is 7.70. The van der Waals surface area contributed by atoms with Crippen LogP contribution in [0.1, 0.15) is 38.4 Å². The fourth-order valence-electron chi connectivity index (χ4n) is 1.98. The normalized spacial score (nSPS) is 21.8. The van der Waals surface area contributed by atoms with Gasteiger partial charge in [-0.3, -0.25) is 0 Å². The molecule has 4 nitrogen and oxygen atoms in total. The van der Waals surface area contributed by atoms with Gasteiger partial charge in [0.05, 0.1) is 0 Å². The molecule has 1 aromatic heterocycles. The van der Waals surface area contributed by atoms with Crippen molar-refractivity contribution in [2.24, 2.45) is 0 Å². The van der Waals surface area contributed by atoms with E-state index < -0.39 is 0 Å². The number of likely N-dealkylation sites (N-methyl/N-ethyl adjacent to an activating group) is 1. The Morgan fingerprint density at radius 2 is 2.31 bits per heavy atom. The molecule has 5 heteroatoms. The van der Waals surface area contributed by atoms with Gasteiger partial charge < -0.3 is 10.2 Å². The van der Waals surface area contributed by atoms with Crippen molar-refractivity contribution in [2.45, 2.75) is 38.6 Å². The van der Waals surface area contributed by atoms with E-state index in [0.717, 1.165) is 24.0 Å². The van der Waals surface area contributed by atoms with E-state index in [2.05, 4.69) is 33.4 Å². The quantitative estimate of drug-likeness (QED) is 0.875. The van der Waals surface area contributed by atoms with Gasteiger partial charge >= 0.3 is 0 Å². The van der Waals surface area contributed by atoms with Crippen LogP contribution in [0.15, 0.2) is 0 Å². The Bertz CT molecular complexity index is 336. The number of anilines is 1. The highest BCUT2D eigenvalue weighted by atomic mass is 32.1. The maximum atomic E-state index is 4.61. The second kappa shape index (κ2) is 5.10. The molecule has 0 saturated carbocycles. The molecule has 2 rings (SSSR count). The predicted molar refractivity (Wildman–Crippen MR) is 68.3 cm³/mol. The molecule has 0 aromatic carbocycles. The average molecular weight is 240 g/mol. The fourth-order valence-corrected chi connectivity index (χ4v) is 2.82. The van der Waals surface area contributed by atoms with Crippen LogP contribution >= 0.6 is 11.5 Å². The SMILES string of the molecule is CNC1CCCN(c2nc(C(C)C)ns2)C1. The first-order valence-corrected chi connectivity index (χ1v) is 6.74. The standard InChI is InChI=1S/C11H20N4S/c1-8(2)10-13-11(16-14-10)15-6-4-5-9(7-15)12-3/h8-9,12H,4-7H2,1-3H3. The average Bonchev–Trinajstić information content (AvgIpc) is 2.78. The summed E-state index contributed by atoms with van der Waals surface area (Å²) >= 11 is 1.53. The minimum Gasteiger partial charge on any atom is -0.345 e. The number of nitrogens with zero attached hydrogens (tertiary/aromatic N) is 3. The highest BCUT2D eigenvalue weighted by Crippen LogP contribution is 2.24. The van der Waals surface area contributed by atoms with Gasteiger partial charge in [-0.2, -0.15) is 4.37 Å². The van der Waals surface area contributed by atoms with E-state index in [1.54, 1.807) is 0 Å². The molecule has 0 radical (unpaired) electrons. The number of hydrogen-bond acceptors (Lipinski definition) is 5. The summed E-state index contributed by atoms with van der Waals surface area (Å²) in [7, 11) is 2.04. The Hall–Kier alpha value is -0.680. The minimum atomic E-state index is 0.426. The highest BCUT2D eigenvalue weighted by Gasteiger charge is 2.21. The Morgan fingerprint density at radius 1 is 1.50 bits per heavy atom. The van der Waals surface area contributed by atoms with Crippen molar-refractivity contribution in [3.8, 4) is 0 Å². The summed E-state index contributed by atoms with van der Waals surface area (Å²) in [4.78, 5) is 6.96. The third-order valence-corrected chi connectivity index (χ3v) is 3.84. The third kappa shape index (κ3) is 2.52. The summed E-state index contributed by atoms with van der Waals surface area (Å²) < 4.78 is 4.41. The minimum absolute atomic E-state index is 0.426. The van der Waals surface area contributed by atoms with Gasteiger partial charge in [-0.05, 0) is 19.9 Å². The van der Waals surface area contributed by atoms with Crippen molar-refractivity contribution in [1.29, 1.82) is 0 Å². The van der Waals surface area contributed by atoms with Crippen LogP contribution in [0.25, 0.3) is 0 Å². The van der Waals surface area contributed by atoms with Crippen LogP contribution in [-0.2, 0) is 0 Å². The summed E-state index contributed by atoms with van der Waals surface area (Å²) in [6.45, 7) is 6.45. The zero-order valence-electron chi connectivity index (χ0n) is 10.2. The molecule has 90 valence electrons. The maximum Gasteiger partial charge on any atom is 0.205 e. The molecule has 1 saturated heterocycles. The van der Waals surface area contributed by atoms with Crippen molar-refractivity contribution >= 4 is 16.7 Å². The van der Waals surface area contributed by atoms with Crippen LogP contribution in [0.3, 0.4) is 0 Å². The lowest BCUT2D eigenvalue weighted by molar-refractivity contribution is 0.449. The van der Waals surface area contributed by atoms with Crippen LogP contribution < -0.4 is 10.2 Å². The van der Waals surface area contributed by atoms with Crippen molar-refractivity contribution < 1.29 is 0 Å². The summed E-state index contributed by atoms with van der Waals surface area (Å²) in [5.41, 5.74) is 0. The van der Waals surface area contributed by atoms with Crippen LogP contribution in [0.2, 0.25) is 0 Å². The molecule has 1 aliphatic heterocycles. The molecule has 16 heavy (non-hydrogen) atoms. The number of hydrogen-bond donors (Lipinski definition) is 1. The van der Waals surface area contributed by atoms with E-state index in [4.69, 9.17) is 0 Å². The molecule has 2 heterocycles. The summed E-state index contributed by atoms with van der Waals surface area (Å²) in [6, 6.07) is 0.597. The molecule has 1 fully saturated rings. The van der Waals surface area contributed by atoms with Gasteiger partial charge in [0.25, 0.3) is 0 Å². The lowest BCUT2D eigenvalue weighted by Crippen LogP contribution is -2.44. The van der Waals surface area contributed by atoms with E-state index >= 15 is 0 Å². The zero-order valence-corrected chi connectivity index (χ0v) is 11.0. The molecular weight excluding hydrogens is 220 g/mol. The Kier molecular flexibility index (Phi) is 3.76. The van der Waals surface area contributed by atoms with E-state index in [1.165, 1.54) is 24.4 Å². The maximum absolute atomic E-state index is 4.61. The van der Waals surface area contributed by atoms with Crippen molar-refractivity contribution in [3.05, 3.63) is 5.82 Å². The second-order valence-corrected chi connectivity index (χ2v) is 5.39. The third-order valence-electron chi connectivity index (χ3n) is 3.05. The Balaban J connectivity index is 2.05.